The van der Waals surface area contributed by atoms with Crippen LogP contribution in [0.5, 0.6) is 0 Å². The maximum atomic E-state index is 12.5. The minimum Gasteiger partial charge on any atom is -0.462 e. The Morgan fingerprint density at radius 3 is 2.32 bits per heavy atom. The molecule has 4 aliphatic rings. The fraction of sp³-hybridized carbons (Fsp3) is 0.793. The van der Waals surface area contributed by atoms with Crippen LogP contribution >= 0.6 is 0 Å². The zero-order valence-corrected chi connectivity index (χ0v) is 23.1. The summed E-state index contributed by atoms with van der Waals surface area (Å²) < 4.78 is 23.4. The zero-order chi connectivity index (χ0) is 27.2. The highest BCUT2D eigenvalue weighted by molar-refractivity contribution is 5.72. The number of carbonyl (C=O) groups is 4. The van der Waals surface area contributed by atoms with E-state index in [0.29, 0.717) is 38.5 Å². The van der Waals surface area contributed by atoms with Crippen molar-refractivity contribution in [3.8, 4) is 0 Å². The highest BCUT2D eigenvalue weighted by Gasteiger charge is 2.62. The lowest BCUT2D eigenvalue weighted by Crippen LogP contribution is -2.52. The maximum absolute atomic E-state index is 12.5. The molecule has 1 spiro atoms. The highest BCUT2D eigenvalue weighted by Crippen LogP contribution is 2.61. The van der Waals surface area contributed by atoms with E-state index in [1.807, 2.05) is 6.08 Å². The van der Waals surface area contributed by atoms with Crippen molar-refractivity contribution in [1.82, 2.24) is 0 Å². The topological polar surface area (TPSA) is 105 Å². The average molecular weight is 519 g/mol. The Bertz CT molecular complexity index is 986. The number of rotatable bonds is 6. The molecule has 3 fully saturated rings. The van der Waals surface area contributed by atoms with Crippen LogP contribution in [-0.2, 0) is 38.1 Å². The van der Waals surface area contributed by atoms with Gasteiger partial charge in [-0.1, -0.05) is 26.3 Å². The van der Waals surface area contributed by atoms with Gasteiger partial charge in [-0.2, -0.15) is 0 Å². The Morgan fingerprint density at radius 2 is 1.73 bits per heavy atom. The van der Waals surface area contributed by atoms with Crippen molar-refractivity contribution in [2.75, 3.05) is 0 Å². The number of carbonyl (C=O) groups excluding carboxylic acids is 4. The largest absolute Gasteiger partial charge is 0.462 e. The van der Waals surface area contributed by atoms with Gasteiger partial charge in [-0.15, -0.1) is 0 Å². The monoisotopic (exact) mass is 518 g/mol. The zero-order valence-electron chi connectivity index (χ0n) is 23.1. The predicted molar refractivity (Wildman–Crippen MR) is 134 cm³/mol. The second-order valence-electron chi connectivity index (χ2n) is 12.3. The molecule has 8 heteroatoms. The normalized spacial score (nSPS) is 39.8. The number of hydrogen-bond acceptors (Lipinski definition) is 8. The molecular formula is C29H42O8. The van der Waals surface area contributed by atoms with E-state index < -0.39 is 17.8 Å². The molecule has 2 saturated carbocycles. The first-order valence-corrected chi connectivity index (χ1v) is 13.7. The highest BCUT2D eigenvalue weighted by atomic mass is 16.6. The summed E-state index contributed by atoms with van der Waals surface area (Å²) >= 11 is 0. The van der Waals surface area contributed by atoms with Crippen LogP contribution in [0.2, 0.25) is 0 Å². The SMILES string of the molecule is CC(=O)O[C@H]1CCC2(C)C(=C[C@H](OC(C)=O)CC2[C@@H](CC2(C)[C@H](C)CCC23CCC(=O)O3)OC(C)=O)C1. The van der Waals surface area contributed by atoms with Gasteiger partial charge in [0.05, 0.1) is 0 Å². The van der Waals surface area contributed by atoms with Gasteiger partial charge >= 0.3 is 23.9 Å². The first-order chi connectivity index (χ1) is 17.3. The van der Waals surface area contributed by atoms with Gasteiger partial charge in [-0.25, -0.2) is 0 Å². The molecule has 1 saturated heterocycles. The van der Waals surface area contributed by atoms with Gasteiger partial charge in [-0.3, -0.25) is 19.2 Å². The molecule has 0 bridgehead atoms. The summed E-state index contributed by atoms with van der Waals surface area (Å²) in [5.74, 6) is -1.01. The number of ether oxygens (including phenoxy) is 4. The van der Waals surface area contributed by atoms with Crippen LogP contribution in [0, 0.1) is 22.7 Å². The Morgan fingerprint density at radius 1 is 1.03 bits per heavy atom. The third-order valence-corrected chi connectivity index (χ3v) is 10.1. The van der Waals surface area contributed by atoms with Gasteiger partial charge < -0.3 is 18.9 Å². The first-order valence-electron chi connectivity index (χ1n) is 13.7. The second-order valence-corrected chi connectivity index (χ2v) is 12.3. The van der Waals surface area contributed by atoms with E-state index in [1.165, 1.54) is 20.8 Å². The van der Waals surface area contributed by atoms with Crippen LogP contribution in [0.1, 0.15) is 99.3 Å². The molecule has 1 heterocycles. The third-order valence-electron chi connectivity index (χ3n) is 10.1. The molecule has 0 amide bonds. The number of esters is 4. The summed E-state index contributed by atoms with van der Waals surface area (Å²) in [5, 5.41) is 0. The molecule has 37 heavy (non-hydrogen) atoms. The van der Waals surface area contributed by atoms with Crippen molar-refractivity contribution in [2.45, 2.75) is 123 Å². The molecule has 8 atom stereocenters. The Balaban J connectivity index is 1.70. The minimum atomic E-state index is -0.543. The lowest BCUT2D eigenvalue weighted by molar-refractivity contribution is -0.174. The molecule has 4 unspecified atom stereocenters. The Hall–Kier alpha value is -2.38. The molecule has 8 nitrogen and oxygen atoms in total. The Kier molecular flexibility index (Phi) is 7.52. The van der Waals surface area contributed by atoms with E-state index in [2.05, 4.69) is 20.8 Å². The Labute approximate surface area is 219 Å². The van der Waals surface area contributed by atoms with Gasteiger partial charge in [0.2, 0.25) is 0 Å². The van der Waals surface area contributed by atoms with Gasteiger partial charge in [-0.05, 0) is 62.4 Å². The molecular weight excluding hydrogens is 476 g/mol. The lowest BCUT2D eigenvalue weighted by atomic mass is 9.55. The van der Waals surface area contributed by atoms with Crippen LogP contribution in [-0.4, -0.2) is 47.8 Å². The summed E-state index contributed by atoms with van der Waals surface area (Å²) in [5.41, 5.74) is -0.136. The van der Waals surface area contributed by atoms with E-state index in [-0.39, 0.29) is 52.6 Å². The molecule has 1 aliphatic heterocycles. The van der Waals surface area contributed by atoms with E-state index in [9.17, 15) is 19.2 Å². The van der Waals surface area contributed by atoms with Gasteiger partial charge in [0.25, 0.3) is 0 Å². The molecule has 0 aromatic carbocycles. The van der Waals surface area contributed by atoms with Crippen molar-refractivity contribution in [3.05, 3.63) is 11.6 Å². The van der Waals surface area contributed by atoms with Gasteiger partial charge in [0.15, 0.2) is 0 Å². The van der Waals surface area contributed by atoms with Crippen LogP contribution < -0.4 is 0 Å². The number of fused-ring (bicyclic) bond motifs is 1. The average Bonchev–Trinajstić information content (AvgIpc) is 3.28. The summed E-state index contributed by atoms with van der Waals surface area (Å²) in [7, 11) is 0. The van der Waals surface area contributed by atoms with E-state index in [1.54, 1.807) is 0 Å². The maximum Gasteiger partial charge on any atom is 0.306 e. The molecule has 0 aromatic rings. The minimum absolute atomic E-state index is 0.113. The summed E-state index contributed by atoms with van der Waals surface area (Å²) in [6.45, 7) is 10.8. The molecule has 3 aliphatic carbocycles. The van der Waals surface area contributed by atoms with Crippen LogP contribution in [0.3, 0.4) is 0 Å². The third kappa shape index (κ3) is 5.17. The van der Waals surface area contributed by atoms with Crippen molar-refractivity contribution in [3.63, 3.8) is 0 Å². The van der Waals surface area contributed by atoms with Gasteiger partial charge in [0.1, 0.15) is 23.9 Å². The number of hydrogen-bond donors (Lipinski definition) is 0. The molecule has 0 radical (unpaired) electrons. The van der Waals surface area contributed by atoms with Crippen molar-refractivity contribution >= 4 is 23.9 Å². The summed E-state index contributed by atoms with van der Waals surface area (Å²) in [4.78, 5) is 48.3. The van der Waals surface area contributed by atoms with Gasteiger partial charge in [0, 0.05) is 44.9 Å². The quantitative estimate of drug-likeness (QED) is 0.280. The fourth-order valence-corrected chi connectivity index (χ4v) is 7.87. The van der Waals surface area contributed by atoms with Crippen molar-refractivity contribution in [2.24, 2.45) is 22.7 Å². The molecule has 0 N–H and O–H groups in total. The lowest BCUT2D eigenvalue weighted by Gasteiger charge is -2.53. The van der Waals surface area contributed by atoms with Crippen molar-refractivity contribution in [1.29, 1.82) is 0 Å². The summed E-state index contributed by atoms with van der Waals surface area (Å²) in [6, 6.07) is 0. The van der Waals surface area contributed by atoms with Crippen LogP contribution in [0.25, 0.3) is 0 Å². The van der Waals surface area contributed by atoms with E-state index >= 15 is 0 Å². The van der Waals surface area contributed by atoms with E-state index in [0.717, 1.165) is 24.8 Å². The summed E-state index contributed by atoms with van der Waals surface area (Å²) in [6.07, 6.45) is 6.89. The molecule has 4 rings (SSSR count). The van der Waals surface area contributed by atoms with Crippen LogP contribution in [0.15, 0.2) is 11.6 Å². The molecule has 206 valence electrons. The standard InChI is InChI=1S/C29H42O8/c1-17-7-11-29(12-9-26(33)37-29)28(17,6)16-25(36-20(4)32)24-15-23(35-19(3)31)14-21-13-22(34-18(2)30)8-10-27(21,24)5/h14,17,22-25H,7-13,15-16H2,1-6H3/t17-,22+,23+,24?,25-,27?,28?,29?/m1/s1. The first kappa shape index (κ1) is 27.6. The van der Waals surface area contributed by atoms with Crippen LogP contribution in [0.4, 0.5) is 0 Å². The molecule has 0 aromatic heterocycles. The van der Waals surface area contributed by atoms with E-state index in [4.69, 9.17) is 18.9 Å². The fourth-order valence-electron chi connectivity index (χ4n) is 7.87. The second kappa shape index (κ2) is 10.1. The smallest absolute Gasteiger partial charge is 0.306 e. The van der Waals surface area contributed by atoms with Crippen molar-refractivity contribution < 1.29 is 38.1 Å². The predicted octanol–water partition coefficient (Wildman–Crippen LogP) is 4.82.